The van der Waals surface area contributed by atoms with Gasteiger partial charge < -0.3 is 0 Å². The third-order valence-electron chi connectivity index (χ3n) is 5.31. The molecule has 4 aromatic heterocycles. The Labute approximate surface area is 189 Å². The van der Waals surface area contributed by atoms with E-state index in [9.17, 15) is 0 Å². The summed E-state index contributed by atoms with van der Waals surface area (Å²) >= 11 is 0. The Balaban J connectivity index is 1.71. The molecule has 4 aromatic rings. The Kier molecular flexibility index (Phi) is 6.13. The lowest BCUT2D eigenvalue weighted by atomic mass is 9.87. The second-order valence-electron chi connectivity index (χ2n) is 9.46. The first-order chi connectivity index (χ1) is 15.3. The van der Waals surface area contributed by atoms with Gasteiger partial charge in [-0.1, -0.05) is 27.7 Å². The Morgan fingerprint density at radius 2 is 1.88 bits per heavy atom. The van der Waals surface area contributed by atoms with Crippen molar-refractivity contribution >= 4 is 5.65 Å². The van der Waals surface area contributed by atoms with Crippen molar-refractivity contribution in [1.82, 2.24) is 33.9 Å². The van der Waals surface area contributed by atoms with Crippen molar-refractivity contribution in [2.45, 2.75) is 59.4 Å². The topological polar surface area (TPSA) is 65.8 Å². The highest BCUT2D eigenvalue weighted by atomic mass is 15.3. The number of aryl methyl sites for hydroxylation is 1. The second kappa shape index (κ2) is 8.99. The standard InChI is InChI=1S/C25H31N7/c1-6-7-8-9-10-21(14-25(2,3)4)32-18-20(16-28-32)24-29-22(19-15-27-30(5)17-19)13-23-26-11-12-31(23)24/h11-13,15-18,21H,6-7,10,14H2,1-5H3. The van der Waals surface area contributed by atoms with Gasteiger partial charge >= 0.3 is 0 Å². The van der Waals surface area contributed by atoms with E-state index in [4.69, 9.17) is 10.1 Å². The highest BCUT2D eigenvalue weighted by Crippen LogP contribution is 2.31. The van der Waals surface area contributed by atoms with E-state index in [0.29, 0.717) is 0 Å². The maximum absolute atomic E-state index is 4.95. The second-order valence-corrected chi connectivity index (χ2v) is 9.46. The predicted molar refractivity (Wildman–Crippen MR) is 127 cm³/mol. The zero-order valence-corrected chi connectivity index (χ0v) is 19.6. The Bertz CT molecular complexity index is 1260. The van der Waals surface area contributed by atoms with Crippen molar-refractivity contribution in [3.63, 3.8) is 0 Å². The summed E-state index contributed by atoms with van der Waals surface area (Å²) in [5.74, 6) is 7.46. The number of imidazole rings is 1. The zero-order chi connectivity index (χ0) is 22.7. The number of rotatable bonds is 6. The van der Waals surface area contributed by atoms with Gasteiger partial charge in [-0.25, -0.2) is 9.97 Å². The molecule has 0 amide bonds. The molecule has 0 aliphatic heterocycles. The van der Waals surface area contributed by atoms with Gasteiger partial charge in [0.1, 0.15) is 11.5 Å². The molecule has 0 N–H and O–H groups in total. The first-order valence-electron chi connectivity index (χ1n) is 11.2. The zero-order valence-electron chi connectivity index (χ0n) is 19.6. The van der Waals surface area contributed by atoms with E-state index in [1.165, 1.54) is 0 Å². The van der Waals surface area contributed by atoms with Crippen LogP contribution in [-0.2, 0) is 7.05 Å². The first kappa shape index (κ1) is 21.8. The third-order valence-corrected chi connectivity index (χ3v) is 5.31. The average molecular weight is 430 g/mol. The van der Waals surface area contributed by atoms with E-state index in [2.05, 4.69) is 60.5 Å². The molecule has 7 nitrogen and oxygen atoms in total. The summed E-state index contributed by atoms with van der Waals surface area (Å²) in [5, 5.41) is 9.02. The van der Waals surface area contributed by atoms with Gasteiger partial charge in [-0.2, -0.15) is 10.2 Å². The summed E-state index contributed by atoms with van der Waals surface area (Å²) in [6.07, 6.45) is 15.3. The van der Waals surface area contributed by atoms with Gasteiger partial charge in [0.25, 0.3) is 0 Å². The lowest BCUT2D eigenvalue weighted by Gasteiger charge is -2.25. The van der Waals surface area contributed by atoms with Crippen LogP contribution in [0.5, 0.6) is 0 Å². The fourth-order valence-electron chi connectivity index (χ4n) is 3.85. The van der Waals surface area contributed by atoms with E-state index in [-0.39, 0.29) is 11.5 Å². The minimum absolute atomic E-state index is 0.180. The lowest BCUT2D eigenvalue weighted by Crippen LogP contribution is -2.17. The molecule has 0 saturated heterocycles. The van der Waals surface area contributed by atoms with Crippen LogP contribution in [0.4, 0.5) is 0 Å². The van der Waals surface area contributed by atoms with Crippen molar-refractivity contribution in [1.29, 1.82) is 0 Å². The monoisotopic (exact) mass is 429 g/mol. The quantitative estimate of drug-likeness (QED) is 0.397. The summed E-state index contributed by atoms with van der Waals surface area (Å²) in [6, 6.07) is 2.20. The summed E-state index contributed by atoms with van der Waals surface area (Å²) < 4.78 is 5.84. The number of fused-ring (bicyclic) bond motifs is 1. The van der Waals surface area contributed by atoms with Crippen LogP contribution in [0.3, 0.4) is 0 Å². The van der Waals surface area contributed by atoms with E-state index in [1.807, 2.05) is 42.3 Å². The van der Waals surface area contributed by atoms with Crippen LogP contribution in [-0.4, -0.2) is 33.9 Å². The number of aromatic nitrogens is 7. The summed E-state index contributed by atoms with van der Waals surface area (Å²) in [6.45, 7) is 8.94. The van der Waals surface area contributed by atoms with E-state index >= 15 is 0 Å². The van der Waals surface area contributed by atoms with Crippen molar-refractivity contribution < 1.29 is 0 Å². The molecule has 4 heterocycles. The molecule has 0 aliphatic rings. The van der Waals surface area contributed by atoms with Crippen molar-refractivity contribution in [3.05, 3.63) is 43.2 Å². The molecule has 0 radical (unpaired) electrons. The molecular weight excluding hydrogens is 398 g/mol. The molecule has 166 valence electrons. The number of hydrogen-bond acceptors (Lipinski definition) is 4. The SMILES string of the molecule is CCCC#CCC(CC(C)(C)C)n1cc(-c2nc(-c3cnn(C)c3)cc3nccn23)cn1. The van der Waals surface area contributed by atoms with Crippen molar-refractivity contribution in [3.8, 4) is 34.5 Å². The maximum atomic E-state index is 4.95. The van der Waals surface area contributed by atoms with Crippen molar-refractivity contribution in [2.24, 2.45) is 12.5 Å². The Morgan fingerprint density at radius 1 is 1.06 bits per heavy atom. The van der Waals surface area contributed by atoms with Gasteiger partial charge in [0.2, 0.25) is 0 Å². The molecule has 0 fully saturated rings. The highest BCUT2D eigenvalue weighted by molar-refractivity contribution is 5.68. The van der Waals surface area contributed by atoms with E-state index in [0.717, 1.165) is 54.0 Å². The van der Waals surface area contributed by atoms with Crippen LogP contribution in [0.15, 0.2) is 43.2 Å². The van der Waals surface area contributed by atoms with Gasteiger partial charge in [0.05, 0.1) is 29.7 Å². The fraction of sp³-hybridized carbons (Fsp3) is 0.440. The molecule has 1 unspecified atom stereocenters. The minimum atomic E-state index is 0.180. The maximum Gasteiger partial charge on any atom is 0.149 e. The van der Waals surface area contributed by atoms with Gasteiger partial charge in [0.15, 0.2) is 0 Å². The average Bonchev–Trinajstić information content (AvgIpc) is 3.48. The van der Waals surface area contributed by atoms with Gasteiger partial charge in [0, 0.05) is 56.3 Å². The number of hydrogen-bond donors (Lipinski definition) is 0. The van der Waals surface area contributed by atoms with Gasteiger partial charge in [-0.15, -0.1) is 11.8 Å². The molecule has 4 rings (SSSR count). The molecule has 0 spiro atoms. The van der Waals surface area contributed by atoms with Crippen LogP contribution in [0.25, 0.3) is 28.3 Å². The van der Waals surface area contributed by atoms with E-state index in [1.54, 1.807) is 10.9 Å². The van der Waals surface area contributed by atoms with E-state index < -0.39 is 0 Å². The fourth-order valence-corrected chi connectivity index (χ4v) is 3.85. The van der Waals surface area contributed by atoms with Crippen molar-refractivity contribution in [2.75, 3.05) is 0 Å². The smallest absolute Gasteiger partial charge is 0.149 e. The molecular formula is C25H31N7. The van der Waals surface area contributed by atoms with Crippen LogP contribution < -0.4 is 0 Å². The Morgan fingerprint density at radius 3 is 2.59 bits per heavy atom. The Hall–Kier alpha value is -3.40. The molecule has 0 bridgehead atoms. The molecule has 0 aromatic carbocycles. The largest absolute Gasteiger partial charge is 0.284 e. The summed E-state index contributed by atoms with van der Waals surface area (Å²) in [5.41, 5.74) is 3.79. The van der Waals surface area contributed by atoms with Gasteiger partial charge in [-0.3, -0.25) is 13.8 Å². The molecule has 0 saturated carbocycles. The summed E-state index contributed by atoms with van der Waals surface area (Å²) in [4.78, 5) is 9.45. The van der Waals surface area contributed by atoms with Crippen LogP contribution in [0, 0.1) is 17.3 Å². The van der Waals surface area contributed by atoms with Gasteiger partial charge in [-0.05, 0) is 18.3 Å². The summed E-state index contributed by atoms with van der Waals surface area (Å²) in [7, 11) is 1.90. The van der Waals surface area contributed by atoms with Crippen LogP contribution >= 0.6 is 0 Å². The van der Waals surface area contributed by atoms with Crippen LogP contribution in [0.1, 0.15) is 59.4 Å². The molecule has 32 heavy (non-hydrogen) atoms. The lowest BCUT2D eigenvalue weighted by molar-refractivity contribution is 0.281. The molecule has 0 aliphatic carbocycles. The van der Waals surface area contributed by atoms with Crippen LogP contribution in [0.2, 0.25) is 0 Å². The third kappa shape index (κ3) is 4.91. The minimum Gasteiger partial charge on any atom is -0.284 e. The number of nitrogens with zero attached hydrogens (tertiary/aromatic N) is 7. The predicted octanol–water partition coefficient (Wildman–Crippen LogP) is 5.16. The molecule has 1 atom stereocenters. The molecule has 7 heteroatoms. The highest BCUT2D eigenvalue weighted by Gasteiger charge is 2.21. The number of unbranched alkanes of at least 4 members (excludes halogenated alkanes) is 1. The normalized spacial score (nSPS) is 12.7. The first-order valence-corrected chi connectivity index (χ1v) is 11.2.